The van der Waals surface area contributed by atoms with Crippen LogP contribution in [0, 0.1) is 18.8 Å². The number of hydrogen-bond acceptors (Lipinski definition) is 2. The topological polar surface area (TPSA) is 33.2 Å². The zero-order valence-electron chi connectivity index (χ0n) is 9.11. The molecule has 84 valence electrons. The number of carbonyl (C=O) groups excluding carboxylic acids is 1. The standard InChI is InChI=1S/C12H13FN2O/c1-3-9-5-12(16)15(7-9)10-6-14-11(13)4-8(10)2/h3-4,6,9H,1,5,7H2,2H3. The van der Waals surface area contributed by atoms with Gasteiger partial charge in [0.25, 0.3) is 0 Å². The fourth-order valence-electron chi connectivity index (χ4n) is 1.92. The molecule has 1 amide bonds. The molecule has 0 radical (unpaired) electrons. The minimum absolute atomic E-state index is 0.0430. The van der Waals surface area contributed by atoms with E-state index in [9.17, 15) is 9.18 Å². The first-order valence-electron chi connectivity index (χ1n) is 5.17. The van der Waals surface area contributed by atoms with Crippen LogP contribution in [0.2, 0.25) is 0 Å². The van der Waals surface area contributed by atoms with E-state index in [4.69, 9.17) is 0 Å². The van der Waals surface area contributed by atoms with Gasteiger partial charge >= 0.3 is 0 Å². The highest BCUT2D eigenvalue weighted by Gasteiger charge is 2.29. The molecule has 1 unspecified atom stereocenters. The molecule has 4 heteroatoms. The lowest BCUT2D eigenvalue weighted by molar-refractivity contribution is -0.117. The molecule has 1 saturated heterocycles. The molecule has 0 saturated carbocycles. The van der Waals surface area contributed by atoms with Gasteiger partial charge in [-0.15, -0.1) is 6.58 Å². The van der Waals surface area contributed by atoms with E-state index >= 15 is 0 Å². The Bertz CT molecular complexity index is 445. The lowest BCUT2D eigenvalue weighted by atomic mass is 10.1. The minimum Gasteiger partial charge on any atom is -0.310 e. The van der Waals surface area contributed by atoms with E-state index in [0.29, 0.717) is 18.7 Å². The lowest BCUT2D eigenvalue weighted by Gasteiger charge is -2.17. The Labute approximate surface area is 93.6 Å². The van der Waals surface area contributed by atoms with E-state index in [1.165, 1.54) is 12.3 Å². The average Bonchev–Trinajstić information content (AvgIpc) is 2.60. The highest BCUT2D eigenvalue weighted by atomic mass is 19.1. The molecule has 0 spiro atoms. The summed E-state index contributed by atoms with van der Waals surface area (Å²) in [5.74, 6) is -0.300. The van der Waals surface area contributed by atoms with Gasteiger partial charge in [-0.3, -0.25) is 4.79 Å². The van der Waals surface area contributed by atoms with Crippen molar-refractivity contribution in [2.45, 2.75) is 13.3 Å². The molecule has 0 N–H and O–H groups in total. The van der Waals surface area contributed by atoms with Crippen molar-refractivity contribution in [2.24, 2.45) is 5.92 Å². The Morgan fingerprint density at radius 2 is 2.44 bits per heavy atom. The highest BCUT2D eigenvalue weighted by molar-refractivity contribution is 5.96. The number of rotatable bonds is 2. The largest absolute Gasteiger partial charge is 0.310 e. The highest BCUT2D eigenvalue weighted by Crippen LogP contribution is 2.27. The number of hydrogen-bond donors (Lipinski definition) is 0. The number of nitrogens with zero attached hydrogens (tertiary/aromatic N) is 2. The second-order valence-electron chi connectivity index (χ2n) is 4.00. The third-order valence-corrected chi connectivity index (χ3v) is 2.83. The van der Waals surface area contributed by atoms with Crippen molar-refractivity contribution in [2.75, 3.05) is 11.4 Å². The number of halogens is 1. The third kappa shape index (κ3) is 1.83. The fourth-order valence-corrected chi connectivity index (χ4v) is 1.92. The molecule has 0 bridgehead atoms. The van der Waals surface area contributed by atoms with Crippen LogP contribution in [0.4, 0.5) is 10.1 Å². The van der Waals surface area contributed by atoms with Crippen molar-refractivity contribution < 1.29 is 9.18 Å². The summed E-state index contributed by atoms with van der Waals surface area (Å²) in [6.45, 7) is 6.07. The molecule has 0 aliphatic carbocycles. The minimum atomic E-state index is -0.520. The number of anilines is 1. The van der Waals surface area contributed by atoms with Crippen LogP contribution >= 0.6 is 0 Å². The predicted octanol–water partition coefficient (Wildman–Crippen LogP) is 2.07. The van der Waals surface area contributed by atoms with Gasteiger partial charge in [-0.05, 0) is 18.6 Å². The van der Waals surface area contributed by atoms with Crippen molar-refractivity contribution in [3.8, 4) is 0 Å². The summed E-state index contributed by atoms with van der Waals surface area (Å²) in [5, 5.41) is 0. The van der Waals surface area contributed by atoms with Crippen LogP contribution in [-0.4, -0.2) is 17.4 Å². The molecule has 1 aliphatic heterocycles. The van der Waals surface area contributed by atoms with E-state index in [2.05, 4.69) is 11.6 Å². The van der Waals surface area contributed by atoms with Crippen molar-refractivity contribution in [1.29, 1.82) is 0 Å². The summed E-state index contributed by atoms with van der Waals surface area (Å²) in [4.78, 5) is 17.0. The Hall–Kier alpha value is -1.71. The van der Waals surface area contributed by atoms with Gasteiger partial charge in [0.1, 0.15) is 0 Å². The summed E-state index contributed by atoms with van der Waals surface area (Å²) in [6.07, 6.45) is 3.67. The first-order chi connectivity index (χ1) is 7.61. The number of carbonyl (C=O) groups is 1. The van der Waals surface area contributed by atoms with Gasteiger partial charge in [-0.1, -0.05) is 6.08 Å². The number of pyridine rings is 1. The van der Waals surface area contributed by atoms with E-state index < -0.39 is 5.95 Å². The van der Waals surface area contributed by atoms with Crippen LogP contribution in [-0.2, 0) is 4.79 Å². The van der Waals surface area contributed by atoms with Gasteiger partial charge < -0.3 is 4.90 Å². The molecule has 1 aromatic rings. The smallest absolute Gasteiger partial charge is 0.227 e. The van der Waals surface area contributed by atoms with E-state index in [1.807, 2.05) is 0 Å². The molecule has 0 aromatic carbocycles. The van der Waals surface area contributed by atoms with Crippen LogP contribution in [0.15, 0.2) is 24.9 Å². The molecule has 1 fully saturated rings. The van der Waals surface area contributed by atoms with Gasteiger partial charge in [-0.2, -0.15) is 4.39 Å². The lowest BCUT2D eigenvalue weighted by Crippen LogP contribution is -2.25. The van der Waals surface area contributed by atoms with E-state index in [1.54, 1.807) is 17.9 Å². The van der Waals surface area contributed by atoms with Crippen molar-refractivity contribution >= 4 is 11.6 Å². The number of amides is 1. The zero-order chi connectivity index (χ0) is 11.7. The van der Waals surface area contributed by atoms with Crippen molar-refractivity contribution in [3.63, 3.8) is 0 Å². The van der Waals surface area contributed by atoms with Crippen LogP contribution in [0.1, 0.15) is 12.0 Å². The first kappa shape index (κ1) is 10.8. The zero-order valence-corrected chi connectivity index (χ0v) is 9.11. The van der Waals surface area contributed by atoms with Gasteiger partial charge in [0, 0.05) is 18.9 Å². The summed E-state index contributed by atoms with van der Waals surface area (Å²) in [6, 6.07) is 1.34. The molecular formula is C12H13FN2O. The van der Waals surface area contributed by atoms with Gasteiger partial charge in [-0.25, -0.2) is 4.98 Å². The van der Waals surface area contributed by atoms with Crippen molar-refractivity contribution in [3.05, 3.63) is 36.4 Å². The van der Waals surface area contributed by atoms with Gasteiger partial charge in [0.15, 0.2) is 0 Å². The quantitative estimate of drug-likeness (QED) is 0.564. The Morgan fingerprint density at radius 1 is 1.69 bits per heavy atom. The second-order valence-corrected chi connectivity index (χ2v) is 4.00. The molecular weight excluding hydrogens is 207 g/mol. The first-order valence-corrected chi connectivity index (χ1v) is 5.17. The summed E-state index contributed by atoms with van der Waals surface area (Å²) in [7, 11) is 0. The maximum absolute atomic E-state index is 12.8. The van der Waals surface area contributed by atoms with Gasteiger partial charge in [0.2, 0.25) is 11.9 Å². The molecule has 1 aromatic heterocycles. The Balaban J connectivity index is 2.31. The molecule has 1 aliphatic rings. The fraction of sp³-hybridized carbons (Fsp3) is 0.333. The summed E-state index contributed by atoms with van der Waals surface area (Å²) >= 11 is 0. The SMILES string of the molecule is C=CC1CC(=O)N(c2cnc(F)cc2C)C1. The summed E-state index contributed by atoms with van der Waals surface area (Å²) in [5.41, 5.74) is 1.42. The maximum atomic E-state index is 12.8. The maximum Gasteiger partial charge on any atom is 0.227 e. The second kappa shape index (κ2) is 4.04. The van der Waals surface area contributed by atoms with Crippen molar-refractivity contribution in [1.82, 2.24) is 4.98 Å². The van der Waals surface area contributed by atoms with Crippen LogP contribution in [0.5, 0.6) is 0 Å². The van der Waals surface area contributed by atoms with Crippen LogP contribution < -0.4 is 4.90 Å². The molecule has 16 heavy (non-hydrogen) atoms. The Kier molecular flexibility index (Phi) is 2.73. The third-order valence-electron chi connectivity index (χ3n) is 2.83. The van der Waals surface area contributed by atoms with E-state index in [0.717, 1.165) is 5.56 Å². The predicted molar refractivity (Wildman–Crippen MR) is 59.6 cm³/mol. The number of aromatic nitrogens is 1. The average molecular weight is 220 g/mol. The molecule has 2 heterocycles. The Morgan fingerprint density at radius 3 is 3.00 bits per heavy atom. The van der Waals surface area contributed by atoms with E-state index in [-0.39, 0.29) is 11.8 Å². The van der Waals surface area contributed by atoms with Crippen LogP contribution in [0.3, 0.4) is 0 Å². The molecule has 3 nitrogen and oxygen atoms in total. The molecule has 1 atom stereocenters. The summed E-state index contributed by atoms with van der Waals surface area (Å²) < 4.78 is 12.8. The number of aryl methyl sites for hydroxylation is 1. The monoisotopic (exact) mass is 220 g/mol. The van der Waals surface area contributed by atoms with Gasteiger partial charge in [0.05, 0.1) is 11.9 Å². The normalized spacial score (nSPS) is 20.2. The van der Waals surface area contributed by atoms with Crippen LogP contribution in [0.25, 0.3) is 0 Å². The molecule has 2 rings (SSSR count).